The summed E-state index contributed by atoms with van der Waals surface area (Å²) >= 11 is 0. The molecule has 0 aliphatic carbocycles. The highest BCUT2D eigenvalue weighted by Gasteiger charge is 2.36. The fraction of sp³-hybridized carbons (Fsp3) is 0.542. The first-order chi connectivity index (χ1) is 14.8. The van der Waals surface area contributed by atoms with Gasteiger partial charge in [0, 0.05) is 24.4 Å². The third kappa shape index (κ3) is 6.57. The molecule has 1 heterocycles. The van der Waals surface area contributed by atoms with Crippen LogP contribution in [0.25, 0.3) is 0 Å². The van der Waals surface area contributed by atoms with Crippen molar-refractivity contribution < 1.29 is 19.1 Å². The fourth-order valence-electron chi connectivity index (χ4n) is 3.52. The van der Waals surface area contributed by atoms with Crippen molar-refractivity contribution in [2.75, 3.05) is 11.9 Å². The van der Waals surface area contributed by atoms with Crippen LogP contribution in [0.3, 0.4) is 0 Å². The monoisotopic (exact) mass is 429 g/mol. The molecule has 0 aromatic heterocycles. The number of esters is 1. The Kier molecular flexibility index (Phi) is 9.09. The Morgan fingerprint density at radius 1 is 1.19 bits per heavy atom. The molecular weight excluding hydrogens is 394 g/mol. The molecule has 170 valence electrons. The maximum absolute atomic E-state index is 13.0. The highest BCUT2D eigenvalue weighted by atomic mass is 16.5. The van der Waals surface area contributed by atoms with Crippen LogP contribution in [-0.2, 0) is 14.3 Å². The van der Waals surface area contributed by atoms with Gasteiger partial charge in [0.05, 0.1) is 17.7 Å². The number of carbonyl (C=O) groups excluding carboxylic acids is 3. The summed E-state index contributed by atoms with van der Waals surface area (Å²) < 4.78 is 5.49. The summed E-state index contributed by atoms with van der Waals surface area (Å²) in [5, 5.41) is 5.85. The lowest BCUT2D eigenvalue weighted by molar-refractivity contribution is -0.143. The molecule has 1 aromatic carbocycles. The first-order valence-electron chi connectivity index (χ1n) is 11.2. The van der Waals surface area contributed by atoms with E-state index in [4.69, 9.17) is 4.74 Å². The molecule has 0 saturated carbocycles. The highest BCUT2D eigenvalue weighted by Crippen LogP contribution is 2.33. The zero-order valence-electron chi connectivity index (χ0n) is 19.3. The summed E-state index contributed by atoms with van der Waals surface area (Å²) in [5.74, 6) is -0.500. The van der Waals surface area contributed by atoms with Gasteiger partial charge in [-0.3, -0.25) is 9.69 Å². The molecule has 0 spiro atoms. The van der Waals surface area contributed by atoms with Crippen LogP contribution in [0.1, 0.15) is 78.3 Å². The van der Waals surface area contributed by atoms with E-state index < -0.39 is 12.0 Å². The molecule has 2 rings (SSSR count). The maximum Gasteiger partial charge on any atom is 0.338 e. The van der Waals surface area contributed by atoms with Crippen molar-refractivity contribution in [3.8, 4) is 0 Å². The number of carbonyl (C=O) groups is 3. The van der Waals surface area contributed by atoms with Gasteiger partial charge in [0.1, 0.15) is 0 Å². The van der Waals surface area contributed by atoms with E-state index in [0.29, 0.717) is 35.5 Å². The van der Waals surface area contributed by atoms with Crippen molar-refractivity contribution in [3.63, 3.8) is 0 Å². The standard InChI is InChI=1S/C24H35N3O4/c1-6-8-13-20(28)25-19-12-10-11-18(15-19)22-21(23(29)31-16(3)4)17(5)27(14-9-7-2)24(30)26-22/h10-12,15-16,22H,6-9,13-14H2,1-5H3,(H,25,28)(H,26,30)/t22-/m1/s1. The molecule has 3 amide bonds. The summed E-state index contributed by atoms with van der Waals surface area (Å²) in [5.41, 5.74) is 2.37. The number of rotatable bonds is 10. The van der Waals surface area contributed by atoms with Gasteiger partial charge in [0.25, 0.3) is 0 Å². The average molecular weight is 430 g/mol. The zero-order chi connectivity index (χ0) is 23.0. The van der Waals surface area contributed by atoms with Gasteiger partial charge in [-0.25, -0.2) is 9.59 Å². The smallest absolute Gasteiger partial charge is 0.338 e. The number of anilines is 1. The normalized spacial score (nSPS) is 16.4. The number of unbranched alkanes of at least 4 members (excludes halogenated alkanes) is 2. The van der Waals surface area contributed by atoms with Crippen LogP contribution in [0.2, 0.25) is 0 Å². The molecule has 1 atom stereocenters. The molecular formula is C24H35N3O4. The van der Waals surface area contributed by atoms with Crippen LogP contribution in [-0.4, -0.2) is 35.5 Å². The van der Waals surface area contributed by atoms with Crippen molar-refractivity contribution >= 4 is 23.6 Å². The van der Waals surface area contributed by atoms with Crippen LogP contribution >= 0.6 is 0 Å². The Morgan fingerprint density at radius 2 is 1.90 bits per heavy atom. The lowest BCUT2D eigenvalue weighted by Gasteiger charge is -2.35. The topological polar surface area (TPSA) is 87.7 Å². The van der Waals surface area contributed by atoms with E-state index >= 15 is 0 Å². The quantitative estimate of drug-likeness (QED) is 0.518. The minimum atomic E-state index is -0.649. The van der Waals surface area contributed by atoms with E-state index in [1.54, 1.807) is 43.9 Å². The number of benzene rings is 1. The van der Waals surface area contributed by atoms with Crippen molar-refractivity contribution in [1.29, 1.82) is 0 Å². The second-order valence-corrected chi connectivity index (χ2v) is 8.12. The van der Waals surface area contributed by atoms with Crippen LogP contribution < -0.4 is 10.6 Å². The number of nitrogens with one attached hydrogen (secondary N) is 2. The minimum absolute atomic E-state index is 0.0522. The predicted molar refractivity (Wildman–Crippen MR) is 121 cm³/mol. The van der Waals surface area contributed by atoms with Crippen molar-refractivity contribution in [1.82, 2.24) is 10.2 Å². The lowest BCUT2D eigenvalue weighted by atomic mass is 9.94. The van der Waals surface area contributed by atoms with Gasteiger partial charge in [0.2, 0.25) is 5.91 Å². The number of ether oxygens (including phenoxy) is 1. The summed E-state index contributed by atoms with van der Waals surface area (Å²) in [7, 11) is 0. The largest absolute Gasteiger partial charge is 0.459 e. The summed E-state index contributed by atoms with van der Waals surface area (Å²) in [4.78, 5) is 39.5. The van der Waals surface area contributed by atoms with E-state index in [1.165, 1.54) is 0 Å². The van der Waals surface area contributed by atoms with Gasteiger partial charge >= 0.3 is 12.0 Å². The maximum atomic E-state index is 13.0. The molecule has 0 bridgehead atoms. The second-order valence-electron chi connectivity index (χ2n) is 8.12. The molecule has 0 saturated heterocycles. The van der Waals surface area contributed by atoms with Crippen LogP contribution in [0.15, 0.2) is 35.5 Å². The number of nitrogens with zero attached hydrogens (tertiary/aromatic N) is 1. The predicted octanol–water partition coefficient (Wildman–Crippen LogP) is 4.91. The van der Waals surface area contributed by atoms with E-state index in [1.807, 2.05) is 13.0 Å². The Balaban J connectivity index is 2.39. The lowest BCUT2D eigenvalue weighted by Crippen LogP contribution is -2.48. The molecule has 1 aliphatic rings. The van der Waals surface area contributed by atoms with E-state index in [9.17, 15) is 14.4 Å². The second kappa shape index (κ2) is 11.5. The Morgan fingerprint density at radius 3 is 2.55 bits per heavy atom. The SMILES string of the molecule is CCCCC(=O)Nc1cccc([C@H]2NC(=O)N(CCCC)C(C)=C2C(=O)OC(C)C)c1. The molecule has 2 N–H and O–H groups in total. The third-order valence-corrected chi connectivity index (χ3v) is 5.16. The molecule has 0 radical (unpaired) electrons. The van der Waals surface area contributed by atoms with Gasteiger partial charge in [-0.05, 0) is 51.3 Å². The van der Waals surface area contributed by atoms with E-state index in [-0.39, 0.29) is 18.0 Å². The van der Waals surface area contributed by atoms with Gasteiger partial charge in [0.15, 0.2) is 0 Å². The van der Waals surface area contributed by atoms with Crippen molar-refractivity contribution in [2.24, 2.45) is 0 Å². The summed E-state index contributed by atoms with van der Waals surface area (Å²) in [6.07, 6.45) is 3.72. The number of amides is 3. The average Bonchev–Trinajstić information content (AvgIpc) is 2.71. The summed E-state index contributed by atoms with van der Waals surface area (Å²) in [6.45, 7) is 10.0. The third-order valence-electron chi connectivity index (χ3n) is 5.16. The Hall–Kier alpha value is -2.83. The van der Waals surface area contributed by atoms with Crippen LogP contribution in [0, 0.1) is 0 Å². The first-order valence-corrected chi connectivity index (χ1v) is 11.2. The first kappa shape index (κ1) is 24.4. The molecule has 31 heavy (non-hydrogen) atoms. The van der Waals surface area contributed by atoms with Crippen molar-refractivity contribution in [3.05, 3.63) is 41.1 Å². The van der Waals surface area contributed by atoms with Gasteiger partial charge in [-0.1, -0.05) is 38.8 Å². The zero-order valence-corrected chi connectivity index (χ0v) is 19.3. The number of urea groups is 1. The molecule has 1 aromatic rings. The van der Waals surface area contributed by atoms with Gasteiger partial charge in [-0.15, -0.1) is 0 Å². The fourth-order valence-corrected chi connectivity index (χ4v) is 3.52. The van der Waals surface area contributed by atoms with Crippen LogP contribution in [0.5, 0.6) is 0 Å². The number of allylic oxidation sites excluding steroid dienone is 1. The molecule has 0 unspecified atom stereocenters. The molecule has 7 heteroatoms. The number of hydrogen-bond donors (Lipinski definition) is 2. The van der Waals surface area contributed by atoms with E-state index in [2.05, 4.69) is 17.6 Å². The molecule has 7 nitrogen and oxygen atoms in total. The summed E-state index contributed by atoms with van der Waals surface area (Å²) in [6, 6.07) is 6.35. The van der Waals surface area contributed by atoms with Crippen molar-refractivity contribution in [2.45, 2.75) is 78.9 Å². The molecule has 1 aliphatic heterocycles. The molecule has 0 fully saturated rings. The van der Waals surface area contributed by atoms with Gasteiger partial charge in [-0.2, -0.15) is 0 Å². The highest BCUT2D eigenvalue weighted by molar-refractivity contribution is 5.95. The Labute approximate surface area is 185 Å². The van der Waals surface area contributed by atoms with Gasteiger partial charge < -0.3 is 15.4 Å². The minimum Gasteiger partial charge on any atom is -0.459 e. The van der Waals surface area contributed by atoms with E-state index in [0.717, 1.165) is 25.7 Å². The Bertz CT molecular complexity index is 832. The van der Waals surface area contributed by atoms with Crippen LogP contribution in [0.4, 0.5) is 10.5 Å². The number of hydrogen-bond acceptors (Lipinski definition) is 4.